The van der Waals surface area contributed by atoms with Gasteiger partial charge in [-0.25, -0.2) is 4.79 Å². The zero-order valence-electron chi connectivity index (χ0n) is 7.52. The molecule has 1 amide bonds. The molecule has 5 heteroatoms. The standard InChI is InChI=1S/C8H11NO3S/c1-6(8(11)12-2)9-3-4-13-5-7(9)10/h3-4,6H,5H2,1-2H3. The minimum Gasteiger partial charge on any atom is -0.467 e. The molecule has 0 N–H and O–H groups in total. The summed E-state index contributed by atoms with van der Waals surface area (Å²) < 4.78 is 4.54. The summed E-state index contributed by atoms with van der Waals surface area (Å²) in [4.78, 5) is 23.8. The van der Waals surface area contributed by atoms with Gasteiger partial charge in [0, 0.05) is 6.20 Å². The summed E-state index contributed by atoms with van der Waals surface area (Å²) in [7, 11) is 1.31. The van der Waals surface area contributed by atoms with Gasteiger partial charge in [0.2, 0.25) is 5.91 Å². The van der Waals surface area contributed by atoms with Gasteiger partial charge in [-0.1, -0.05) is 0 Å². The number of thioether (sulfide) groups is 1. The zero-order chi connectivity index (χ0) is 9.84. The maximum atomic E-state index is 11.3. The van der Waals surface area contributed by atoms with Crippen molar-refractivity contribution < 1.29 is 14.3 Å². The summed E-state index contributed by atoms with van der Waals surface area (Å²) in [6.07, 6.45) is 1.61. The Morgan fingerprint density at radius 2 is 2.46 bits per heavy atom. The summed E-state index contributed by atoms with van der Waals surface area (Å²) in [5.41, 5.74) is 0. The molecule has 1 rings (SSSR count). The molecule has 0 aromatic heterocycles. The lowest BCUT2D eigenvalue weighted by atomic mass is 10.3. The third-order valence-corrected chi connectivity index (χ3v) is 2.50. The van der Waals surface area contributed by atoms with E-state index in [4.69, 9.17) is 0 Å². The highest BCUT2D eigenvalue weighted by atomic mass is 32.2. The van der Waals surface area contributed by atoms with Gasteiger partial charge in [-0.2, -0.15) is 0 Å². The highest BCUT2D eigenvalue weighted by Gasteiger charge is 2.25. The fourth-order valence-electron chi connectivity index (χ4n) is 1.01. The molecule has 1 heterocycles. The average molecular weight is 201 g/mol. The van der Waals surface area contributed by atoms with Crippen molar-refractivity contribution in [1.82, 2.24) is 4.90 Å². The number of carbonyl (C=O) groups excluding carboxylic acids is 2. The second kappa shape index (κ2) is 4.32. The first-order valence-corrected chi connectivity index (χ1v) is 4.89. The van der Waals surface area contributed by atoms with Gasteiger partial charge in [-0.15, -0.1) is 11.8 Å². The molecular weight excluding hydrogens is 190 g/mol. The lowest BCUT2D eigenvalue weighted by Gasteiger charge is -2.25. The molecule has 0 fully saturated rings. The number of hydrogen-bond donors (Lipinski definition) is 0. The van der Waals surface area contributed by atoms with Gasteiger partial charge in [-0.05, 0) is 12.3 Å². The van der Waals surface area contributed by atoms with Crippen LogP contribution in [0, 0.1) is 0 Å². The highest BCUT2D eigenvalue weighted by molar-refractivity contribution is 8.02. The lowest BCUT2D eigenvalue weighted by molar-refractivity contribution is -0.149. The first-order valence-electron chi connectivity index (χ1n) is 3.84. The second-order valence-corrected chi connectivity index (χ2v) is 3.49. The molecule has 0 saturated carbocycles. The largest absolute Gasteiger partial charge is 0.467 e. The van der Waals surface area contributed by atoms with E-state index in [0.29, 0.717) is 5.75 Å². The van der Waals surface area contributed by atoms with Crippen molar-refractivity contribution >= 4 is 23.6 Å². The van der Waals surface area contributed by atoms with E-state index in [1.807, 2.05) is 0 Å². The minimum absolute atomic E-state index is 0.0644. The Balaban J connectivity index is 2.69. The summed E-state index contributed by atoms with van der Waals surface area (Å²) >= 11 is 1.42. The molecule has 4 nitrogen and oxygen atoms in total. The Morgan fingerprint density at radius 1 is 1.77 bits per heavy atom. The van der Waals surface area contributed by atoms with E-state index in [1.165, 1.54) is 23.8 Å². The van der Waals surface area contributed by atoms with Crippen molar-refractivity contribution in [2.45, 2.75) is 13.0 Å². The van der Waals surface area contributed by atoms with Crippen LogP contribution in [0.1, 0.15) is 6.92 Å². The molecule has 0 aromatic carbocycles. The van der Waals surface area contributed by atoms with Crippen molar-refractivity contribution in [3.05, 3.63) is 11.6 Å². The van der Waals surface area contributed by atoms with Gasteiger partial charge in [0.15, 0.2) is 0 Å². The molecule has 1 aliphatic rings. The van der Waals surface area contributed by atoms with E-state index in [2.05, 4.69) is 4.74 Å². The molecule has 1 atom stereocenters. The summed E-state index contributed by atoms with van der Waals surface area (Å²) in [6.45, 7) is 1.64. The third-order valence-electron chi connectivity index (χ3n) is 1.77. The Bertz CT molecular complexity index is 252. The Kier molecular flexibility index (Phi) is 3.36. The van der Waals surface area contributed by atoms with Crippen molar-refractivity contribution in [3.8, 4) is 0 Å². The van der Waals surface area contributed by atoms with Gasteiger partial charge >= 0.3 is 5.97 Å². The van der Waals surface area contributed by atoms with E-state index >= 15 is 0 Å². The molecular formula is C8H11NO3S. The zero-order valence-corrected chi connectivity index (χ0v) is 8.34. The fraction of sp³-hybridized carbons (Fsp3) is 0.500. The minimum atomic E-state index is -0.533. The number of esters is 1. The van der Waals surface area contributed by atoms with Crippen molar-refractivity contribution in [3.63, 3.8) is 0 Å². The van der Waals surface area contributed by atoms with E-state index in [0.717, 1.165) is 0 Å². The summed E-state index contributed by atoms with van der Waals surface area (Å²) in [6, 6.07) is -0.533. The van der Waals surface area contributed by atoms with Crippen LogP contribution in [0.5, 0.6) is 0 Å². The maximum absolute atomic E-state index is 11.3. The molecule has 0 spiro atoms. The molecule has 0 aromatic rings. The van der Waals surface area contributed by atoms with Gasteiger partial charge < -0.3 is 9.64 Å². The number of ether oxygens (including phenoxy) is 1. The van der Waals surface area contributed by atoms with Gasteiger partial charge in [0.05, 0.1) is 12.9 Å². The first-order chi connectivity index (χ1) is 6.16. The monoisotopic (exact) mass is 201 g/mol. The number of methoxy groups -OCH3 is 1. The van der Waals surface area contributed by atoms with Crippen LogP contribution in [0.2, 0.25) is 0 Å². The lowest BCUT2D eigenvalue weighted by Crippen LogP contribution is -2.42. The molecule has 1 aliphatic heterocycles. The first kappa shape index (κ1) is 10.1. The smallest absolute Gasteiger partial charge is 0.328 e. The van der Waals surface area contributed by atoms with Crippen LogP contribution in [-0.2, 0) is 14.3 Å². The van der Waals surface area contributed by atoms with E-state index in [1.54, 1.807) is 18.5 Å². The fourth-order valence-corrected chi connectivity index (χ4v) is 1.62. The molecule has 0 radical (unpaired) electrons. The quantitative estimate of drug-likeness (QED) is 0.614. The van der Waals surface area contributed by atoms with Crippen molar-refractivity contribution in [2.75, 3.05) is 12.9 Å². The number of carbonyl (C=O) groups is 2. The summed E-state index contributed by atoms with van der Waals surface area (Å²) in [5.74, 6) is -0.0759. The maximum Gasteiger partial charge on any atom is 0.328 e. The van der Waals surface area contributed by atoms with Crippen LogP contribution in [0.15, 0.2) is 11.6 Å². The Morgan fingerprint density at radius 3 is 3.00 bits per heavy atom. The molecule has 0 saturated heterocycles. The van der Waals surface area contributed by atoms with Crippen LogP contribution in [0.25, 0.3) is 0 Å². The normalized spacial score (nSPS) is 18.6. The van der Waals surface area contributed by atoms with Crippen LogP contribution in [0.4, 0.5) is 0 Å². The molecule has 1 unspecified atom stereocenters. The molecule has 0 aliphatic carbocycles. The number of nitrogens with zero attached hydrogens (tertiary/aromatic N) is 1. The van der Waals surface area contributed by atoms with Gasteiger partial charge in [0.25, 0.3) is 0 Å². The van der Waals surface area contributed by atoms with Gasteiger partial charge in [0.1, 0.15) is 6.04 Å². The second-order valence-electron chi connectivity index (χ2n) is 2.60. The SMILES string of the molecule is COC(=O)C(C)N1C=CSCC1=O. The Hall–Kier alpha value is -0.970. The average Bonchev–Trinajstić information content (AvgIpc) is 2.16. The number of amides is 1. The molecule has 72 valence electrons. The predicted octanol–water partition coefficient (Wildman–Crippen LogP) is 0.595. The van der Waals surface area contributed by atoms with E-state index < -0.39 is 12.0 Å². The van der Waals surface area contributed by atoms with Crippen LogP contribution in [0.3, 0.4) is 0 Å². The third kappa shape index (κ3) is 2.24. The van der Waals surface area contributed by atoms with Crippen LogP contribution < -0.4 is 0 Å². The van der Waals surface area contributed by atoms with Crippen LogP contribution >= 0.6 is 11.8 Å². The summed E-state index contributed by atoms with van der Waals surface area (Å²) in [5, 5.41) is 1.79. The Labute approximate surface area is 80.9 Å². The van der Waals surface area contributed by atoms with Crippen molar-refractivity contribution in [2.24, 2.45) is 0 Å². The van der Waals surface area contributed by atoms with Crippen molar-refractivity contribution in [1.29, 1.82) is 0 Å². The van der Waals surface area contributed by atoms with Gasteiger partial charge in [-0.3, -0.25) is 4.79 Å². The number of hydrogen-bond acceptors (Lipinski definition) is 4. The van der Waals surface area contributed by atoms with E-state index in [-0.39, 0.29) is 5.91 Å². The predicted molar refractivity (Wildman–Crippen MR) is 49.9 cm³/mol. The number of rotatable bonds is 2. The molecule has 13 heavy (non-hydrogen) atoms. The van der Waals surface area contributed by atoms with Crippen LogP contribution in [-0.4, -0.2) is 35.7 Å². The highest BCUT2D eigenvalue weighted by Crippen LogP contribution is 2.15. The van der Waals surface area contributed by atoms with E-state index in [9.17, 15) is 9.59 Å². The topological polar surface area (TPSA) is 46.6 Å². The molecule has 0 bridgehead atoms.